The van der Waals surface area contributed by atoms with Gasteiger partial charge in [-0.25, -0.2) is 19.2 Å². The van der Waals surface area contributed by atoms with Crippen molar-refractivity contribution in [3.63, 3.8) is 0 Å². The van der Waals surface area contributed by atoms with E-state index in [9.17, 15) is 19.4 Å². The standard InChI is InChI=1S/C21H15BrFN3O4/c22-17-16-19(26-14(21(28)29)9-12-3-1-2-4-15(12)27)24-10-25-20(16)30-18(17)11-5-7-13(23)8-6-11/h1-8,10,14,27H,9H2,(H,28,29)(H,24,25,26). The molecule has 0 saturated heterocycles. The minimum absolute atomic E-state index is 0.0153. The molecule has 0 aliphatic heterocycles. The number of para-hydroxylation sites is 1. The number of aromatic hydroxyl groups is 1. The number of furan rings is 1. The van der Waals surface area contributed by atoms with E-state index < -0.39 is 12.0 Å². The van der Waals surface area contributed by atoms with E-state index in [4.69, 9.17) is 4.42 Å². The summed E-state index contributed by atoms with van der Waals surface area (Å²) >= 11 is 3.47. The Morgan fingerprint density at radius 3 is 2.60 bits per heavy atom. The summed E-state index contributed by atoms with van der Waals surface area (Å²) in [7, 11) is 0. The van der Waals surface area contributed by atoms with Gasteiger partial charge in [-0.05, 0) is 51.8 Å². The third-order valence-corrected chi connectivity index (χ3v) is 5.32. The smallest absolute Gasteiger partial charge is 0.326 e. The maximum atomic E-state index is 13.2. The van der Waals surface area contributed by atoms with E-state index in [1.165, 1.54) is 24.5 Å². The largest absolute Gasteiger partial charge is 0.508 e. The quantitative estimate of drug-likeness (QED) is 0.376. The Labute approximate surface area is 178 Å². The third-order valence-electron chi connectivity index (χ3n) is 4.56. The first-order valence-electron chi connectivity index (χ1n) is 8.89. The molecule has 0 spiro atoms. The van der Waals surface area contributed by atoms with Crippen molar-refractivity contribution >= 4 is 38.8 Å². The molecule has 2 heterocycles. The fourth-order valence-electron chi connectivity index (χ4n) is 3.06. The normalized spacial score (nSPS) is 12.1. The van der Waals surface area contributed by atoms with Gasteiger partial charge in [0.2, 0.25) is 5.71 Å². The zero-order chi connectivity index (χ0) is 21.3. The lowest BCUT2D eigenvalue weighted by Crippen LogP contribution is -2.32. The van der Waals surface area contributed by atoms with Crippen LogP contribution < -0.4 is 5.32 Å². The fraction of sp³-hybridized carbons (Fsp3) is 0.0952. The van der Waals surface area contributed by atoms with Gasteiger partial charge in [-0.2, -0.15) is 0 Å². The molecule has 7 nitrogen and oxygen atoms in total. The molecule has 152 valence electrons. The van der Waals surface area contributed by atoms with Gasteiger partial charge >= 0.3 is 5.97 Å². The van der Waals surface area contributed by atoms with E-state index in [1.54, 1.807) is 30.3 Å². The highest BCUT2D eigenvalue weighted by atomic mass is 79.9. The van der Waals surface area contributed by atoms with E-state index in [2.05, 4.69) is 31.2 Å². The molecular formula is C21H15BrFN3O4. The van der Waals surface area contributed by atoms with Crippen molar-refractivity contribution in [2.75, 3.05) is 5.32 Å². The van der Waals surface area contributed by atoms with Gasteiger partial charge in [0.15, 0.2) is 5.76 Å². The minimum Gasteiger partial charge on any atom is -0.508 e. The van der Waals surface area contributed by atoms with Crippen LogP contribution in [-0.2, 0) is 11.2 Å². The number of benzene rings is 2. The van der Waals surface area contributed by atoms with Crippen LogP contribution in [0.2, 0.25) is 0 Å². The number of nitrogens with zero attached hydrogens (tertiary/aromatic N) is 2. The summed E-state index contributed by atoms with van der Waals surface area (Å²) < 4.78 is 19.6. The topological polar surface area (TPSA) is 108 Å². The van der Waals surface area contributed by atoms with E-state index >= 15 is 0 Å². The number of rotatable bonds is 6. The van der Waals surface area contributed by atoms with Gasteiger partial charge in [-0.1, -0.05) is 18.2 Å². The van der Waals surface area contributed by atoms with Crippen LogP contribution in [0.15, 0.2) is 63.7 Å². The molecule has 30 heavy (non-hydrogen) atoms. The van der Waals surface area contributed by atoms with Crippen LogP contribution in [-0.4, -0.2) is 32.2 Å². The van der Waals surface area contributed by atoms with Gasteiger partial charge in [0.05, 0.1) is 9.86 Å². The van der Waals surface area contributed by atoms with Crippen molar-refractivity contribution < 1.29 is 23.8 Å². The number of carboxylic acid groups (broad SMARTS) is 1. The Kier molecular flexibility index (Phi) is 5.37. The molecule has 0 fully saturated rings. The van der Waals surface area contributed by atoms with Crippen LogP contribution in [0.5, 0.6) is 5.75 Å². The van der Waals surface area contributed by atoms with Crippen molar-refractivity contribution in [1.29, 1.82) is 0 Å². The lowest BCUT2D eigenvalue weighted by atomic mass is 10.0. The molecule has 4 rings (SSSR count). The Morgan fingerprint density at radius 2 is 1.90 bits per heavy atom. The summed E-state index contributed by atoms with van der Waals surface area (Å²) in [5.41, 5.74) is 1.35. The molecular weight excluding hydrogens is 457 g/mol. The Bertz CT molecular complexity index is 1230. The van der Waals surface area contributed by atoms with Gasteiger partial charge in [0.25, 0.3) is 0 Å². The highest BCUT2D eigenvalue weighted by molar-refractivity contribution is 9.10. The molecule has 0 saturated carbocycles. The predicted octanol–water partition coefficient (Wildman–Crippen LogP) is 4.60. The highest BCUT2D eigenvalue weighted by Gasteiger charge is 2.24. The van der Waals surface area contributed by atoms with Crippen LogP contribution in [0.3, 0.4) is 0 Å². The van der Waals surface area contributed by atoms with Crippen molar-refractivity contribution in [3.05, 3.63) is 70.7 Å². The lowest BCUT2D eigenvalue weighted by molar-refractivity contribution is -0.137. The number of hydrogen-bond acceptors (Lipinski definition) is 6. The zero-order valence-electron chi connectivity index (χ0n) is 15.3. The molecule has 1 unspecified atom stereocenters. The van der Waals surface area contributed by atoms with Crippen molar-refractivity contribution in [3.8, 4) is 17.1 Å². The van der Waals surface area contributed by atoms with Crippen molar-refractivity contribution in [1.82, 2.24) is 9.97 Å². The molecule has 1 atom stereocenters. The maximum absolute atomic E-state index is 13.2. The number of phenols is 1. The Hall–Kier alpha value is -3.46. The number of phenolic OH excluding ortho intramolecular Hbond substituents is 1. The number of nitrogens with one attached hydrogen (secondary N) is 1. The third kappa shape index (κ3) is 3.84. The molecule has 2 aromatic carbocycles. The number of halogens is 2. The fourth-order valence-corrected chi connectivity index (χ4v) is 3.73. The number of hydrogen-bond donors (Lipinski definition) is 3. The predicted molar refractivity (Wildman–Crippen MR) is 112 cm³/mol. The van der Waals surface area contributed by atoms with E-state index in [0.29, 0.717) is 26.7 Å². The van der Waals surface area contributed by atoms with Gasteiger partial charge < -0.3 is 19.9 Å². The average molecular weight is 472 g/mol. The van der Waals surface area contributed by atoms with Crippen molar-refractivity contribution in [2.45, 2.75) is 12.5 Å². The van der Waals surface area contributed by atoms with E-state index in [-0.39, 0.29) is 29.5 Å². The van der Waals surface area contributed by atoms with Crippen LogP contribution >= 0.6 is 15.9 Å². The zero-order valence-corrected chi connectivity index (χ0v) is 16.9. The summed E-state index contributed by atoms with van der Waals surface area (Å²) in [5, 5.41) is 23.0. The number of aliphatic carboxylic acids is 1. The number of carboxylic acids is 1. The molecule has 0 radical (unpaired) electrons. The van der Waals surface area contributed by atoms with Crippen LogP contribution in [0.1, 0.15) is 5.56 Å². The van der Waals surface area contributed by atoms with Crippen LogP contribution in [0, 0.1) is 5.82 Å². The summed E-state index contributed by atoms with van der Waals surface area (Å²) in [6.45, 7) is 0. The second-order valence-electron chi connectivity index (χ2n) is 6.52. The molecule has 3 N–H and O–H groups in total. The van der Waals surface area contributed by atoms with Crippen molar-refractivity contribution in [2.24, 2.45) is 0 Å². The van der Waals surface area contributed by atoms with Gasteiger partial charge in [-0.15, -0.1) is 0 Å². The Morgan fingerprint density at radius 1 is 1.17 bits per heavy atom. The summed E-state index contributed by atoms with van der Waals surface area (Å²) in [5.74, 6) is -0.792. The lowest BCUT2D eigenvalue weighted by Gasteiger charge is -2.16. The number of carbonyl (C=O) groups is 1. The second kappa shape index (κ2) is 8.11. The first-order valence-corrected chi connectivity index (χ1v) is 9.68. The SMILES string of the molecule is O=C(O)C(Cc1ccccc1O)Nc1ncnc2oc(-c3ccc(F)cc3)c(Br)c12. The molecule has 9 heteroatoms. The number of aromatic nitrogens is 2. The van der Waals surface area contributed by atoms with Crippen LogP contribution in [0.25, 0.3) is 22.4 Å². The van der Waals surface area contributed by atoms with Gasteiger partial charge in [-0.3, -0.25) is 0 Å². The molecule has 0 amide bonds. The summed E-state index contributed by atoms with van der Waals surface area (Å²) in [6.07, 6.45) is 1.29. The minimum atomic E-state index is -1.11. The average Bonchev–Trinajstić information content (AvgIpc) is 3.07. The maximum Gasteiger partial charge on any atom is 0.326 e. The van der Waals surface area contributed by atoms with E-state index in [1.807, 2.05) is 0 Å². The molecule has 0 bridgehead atoms. The van der Waals surface area contributed by atoms with Crippen LogP contribution in [0.4, 0.5) is 10.2 Å². The van der Waals surface area contributed by atoms with Gasteiger partial charge in [0, 0.05) is 12.0 Å². The number of fused-ring (bicyclic) bond motifs is 1. The Balaban J connectivity index is 1.72. The number of anilines is 1. The molecule has 0 aliphatic rings. The molecule has 2 aromatic heterocycles. The first kappa shape index (κ1) is 19.8. The van der Waals surface area contributed by atoms with Gasteiger partial charge in [0.1, 0.15) is 29.8 Å². The summed E-state index contributed by atoms with van der Waals surface area (Å²) in [4.78, 5) is 20.1. The monoisotopic (exact) mass is 471 g/mol. The van der Waals surface area contributed by atoms with E-state index in [0.717, 1.165) is 0 Å². The second-order valence-corrected chi connectivity index (χ2v) is 7.32. The highest BCUT2D eigenvalue weighted by Crippen LogP contribution is 2.39. The first-order chi connectivity index (χ1) is 14.4. The molecule has 4 aromatic rings. The summed E-state index contributed by atoms with van der Waals surface area (Å²) in [6, 6.07) is 11.2. The molecule has 0 aliphatic carbocycles.